The molecule has 4 nitrogen and oxygen atoms in total. The van der Waals surface area contributed by atoms with Crippen LogP contribution in [0.5, 0.6) is 0 Å². The summed E-state index contributed by atoms with van der Waals surface area (Å²) >= 11 is 16.8. The van der Waals surface area contributed by atoms with E-state index in [1.54, 1.807) is 30.2 Å². The lowest BCUT2D eigenvalue weighted by atomic mass is 10.2. The van der Waals surface area contributed by atoms with Crippen LogP contribution in [-0.4, -0.2) is 42.6 Å². The average Bonchev–Trinajstić information content (AvgIpc) is 2.41. The minimum atomic E-state index is -0.217. The third kappa shape index (κ3) is 4.90. The molecule has 0 fully saturated rings. The van der Waals surface area contributed by atoms with Crippen molar-refractivity contribution in [2.24, 2.45) is 5.73 Å². The van der Waals surface area contributed by atoms with Gasteiger partial charge in [-0.3, -0.25) is 4.79 Å². The molecule has 0 saturated carbocycles. The first-order valence-corrected chi connectivity index (χ1v) is 7.14. The highest BCUT2D eigenvalue weighted by atomic mass is 35.5. The molecule has 2 N–H and O–H groups in total. The SMILES string of the molecule is COCCN(CCC(N)=S)C(=O)c1cccc(Cl)c1Cl. The van der Waals surface area contributed by atoms with E-state index in [-0.39, 0.29) is 10.9 Å². The van der Waals surface area contributed by atoms with Gasteiger partial charge >= 0.3 is 0 Å². The number of nitrogens with zero attached hydrogens (tertiary/aromatic N) is 1. The number of methoxy groups -OCH3 is 1. The first-order valence-electron chi connectivity index (χ1n) is 5.98. The molecule has 0 radical (unpaired) electrons. The molecule has 0 aliphatic carbocycles. The average molecular weight is 335 g/mol. The fraction of sp³-hybridized carbons (Fsp3) is 0.385. The molecule has 0 atom stereocenters. The van der Waals surface area contributed by atoms with Gasteiger partial charge in [0.15, 0.2) is 0 Å². The summed E-state index contributed by atoms with van der Waals surface area (Å²) in [6.07, 6.45) is 0.447. The number of amides is 1. The molecule has 0 bridgehead atoms. The largest absolute Gasteiger partial charge is 0.393 e. The van der Waals surface area contributed by atoms with E-state index in [4.69, 9.17) is 45.9 Å². The quantitative estimate of drug-likeness (QED) is 0.779. The predicted octanol–water partition coefficient (Wildman–Crippen LogP) is 2.76. The Hall–Kier alpha value is -0.880. The molecule has 1 rings (SSSR count). The van der Waals surface area contributed by atoms with E-state index >= 15 is 0 Å². The Morgan fingerprint density at radius 2 is 2.10 bits per heavy atom. The fourth-order valence-electron chi connectivity index (χ4n) is 1.60. The maximum absolute atomic E-state index is 12.5. The van der Waals surface area contributed by atoms with Gasteiger partial charge in [-0.2, -0.15) is 0 Å². The number of halogens is 2. The second-order valence-corrected chi connectivity index (χ2v) is 5.41. The van der Waals surface area contributed by atoms with E-state index in [2.05, 4.69) is 0 Å². The van der Waals surface area contributed by atoms with E-state index in [1.807, 2.05) is 0 Å². The molecule has 0 unspecified atom stereocenters. The Labute approximate surface area is 133 Å². The van der Waals surface area contributed by atoms with Gasteiger partial charge in [0.25, 0.3) is 5.91 Å². The molecular weight excluding hydrogens is 319 g/mol. The maximum atomic E-state index is 12.5. The summed E-state index contributed by atoms with van der Waals surface area (Å²) in [5.74, 6) is -0.217. The summed E-state index contributed by atoms with van der Waals surface area (Å²) in [6.45, 7) is 1.27. The minimum Gasteiger partial charge on any atom is -0.393 e. The van der Waals surface area contributed by atoms with Crippen LogP contribution in [0.1, 0.15) is 16.8 Å². The van der Waals surface area contributed by atoms with Gasteiger partial charge in [0.1, 0.15) is 0 Å². The zero-order valence-corrected chi connectivity index (χ0v) is 13.4. The van der Waals surface area contributed by atoms with Crippen LogP contribution in [0.3, 0.4) is 0 Å². The van der Waals surface area contributed by atoms with E-state index in [0.717, 1.165) is 0 Å². The van der Waals surface area contributed by atoms with Crippen molar-refractivity contribution in [3.05, 3.63) is 33.8 Å². The van der Waals surface area contributed by atoms with Crippen LogP contribution in [0.2, 0.25) is 10.0 Å². The van der Waals surface area contributed by atoms with Gasteiger partial charge in [-0.15, -0.1) is 0 Å². The third-order valence-electron chi connectivity index (χ3n) is 2.66. The van der Waals surface area contributed by atoms with E-state index in [0.29, 0.717) is 41.7 Å². The lowest BCUT2D eigenvalue weighted by Gasteiger charge is -2.23. The van der Waals surface area contributed by atoms with Crippen LogP contribution in [0.25, 0.3) is 0 Å². The highest BCUT2D eigenvalue weighted by Crippen LogP contribution is 2.26. The van der Waals surface area contributed by atoms with Gasteiger partial charge in [-0.25, -0.2) is 0 Å². The summed E-state index contributed by atoms with van der Waals surface area (Å²) < 4.78 is 5.00. The first-order chi connectivity index (χ1) is 9.47. The lowest BCUT2D eigenvalue weighted by Crippen LogP contribution is -2.36. The van der Waals surface area contributed by atoms with E-state index < -0.39 is 0 Å². The van der Waals surface area contributed by atoms with Crippen molar-refractivity contribution in [3.63, 3.8) is 0 Å². The van der Waals surface area contributed by atoms with Crippen molar-refractivity contribution in [2.45, 2.75) is 6.42 Å². The van der Waals surface area contributed by atoms with Crippen LogP contribution >= 0.6 is 35.4 Å². The monoisotopic (exact) mass is 334 g/mol. The fourth-order valence-corrected chi connectivity index (χ4v) is 2.07. The molecule has 1 aromatic rings. The zero-order chi connectivity index (χ0) is 15.1. The predicted molar refractivity (Wildman–Crippen MR) is 85.6 cm³/mol. The number of hydrogen-bond donors (Lipinski definition) is 1. The van der Waals surface area contributed by atoms with Crippen molar-refractivity contribution >= 4 is 46.3 Å². The topological polar surface area (TPSA) is 55.6 Å². The van der Waals surface area contributed by atoms with Crippen molar-refractivity contribution in [2.75, 3.05) is 26.8 Å². The van der Waals surface area contributed by atoms with Crippen LogP contribution in [0.4, 0.5) is 0 Å². The summed E-state index contributed by atoms with van der Waals surface area (Å²) in [5, 5.41) is 0.593. The molecule has 0 aliphatic heterocycles. The number of thiocarbonyl (C=S) groups is 1. The van der Waals surface area contributed by atoms with Crippen molar-refractivity contribution < 1.29 is 9.53 Å². The number of hydrogen-bond acceptors (Lipinski definition) is 3. The zero-order valence-electron chi connectivity index (χ0n) is 11.1. The van der Waals surface area contributed by atoms with Crippen LogP contribution in [-0.2, 0) is 4.74 Å². The highest BCUT2D eigenvalue weighted by molar-refractivity contribution is 7.80. The van der Waals surface area contributed by atoms with Gasteiger partial charge in [0.05, 0.1) is 27.2 Å². The van der Waals surface area contributed by atoms with Gasteiger partial charge in [0, 0.05) is 26.6 Å². The van der Waals surface area contributed by atoms with Crippen LogP contribution in [0.15, 0.2) is 18.2 Å². The number of ether oxygens (including phenoxy) is 1. The molecule has 1 aromatic carbocycles. The number of carbonyl (C=O) groups is 1. The van der Waals surface area contributed by atoms with Gasteiger partial charge in [-0.1, -0.05) is 41.5 Å². The maximum Gasteiger partial charge on any atom is 0.255 e. The second-order valence-electron chi connectivity index (χ2n) is 4.10. The van der Waals surface area contributed by atoms with Crippen LogP contribution in [0, 0.1) is 0 Å². The van der Waals surface area contributed by atoms with Crippen molar-refractivity contribution in [1.82, 2.24) is 4.90 Å². The Kier molecular flexibility index (Phi) is 7.23. The summed E-state index contributed by atoms with van der Waals surface area (Å²) in [5.41, 5.74) is 5.84. The van der Waals surface area contributed by atoms with Gasteiger partial charge < -0.3 is 15.4 Å². The standard InChI is InChI=1S/C13H16Cl2N2O2S/c1-19-8-7-17(6-5-11(16)20)13(18)9-3-2-4-10(14)12(9)15/h2-4H,5-8H2,1H3,(H2,16,20). The molecule has 0 heterocycles. The Bertz CT molecular complexity index is 497. The normalized spacial score (nSPS) is 10.3. The van der Waals surface area contributed by atoms with Gasteiger partial charge in [0.2, 0.25) is 0 Å². The molecule has 0 saturated heterocycles. The molecule has 0 aliphatic rings. The number of nitrogens with two attached hydrogens (primary N) is 1. The minimum absolute atomic E-state index is 0.217. The summed E-state index contributed by atoms with van der Waals surface area (Å²) in [4.78, 5) is 14.4. The molecule has 0 aromatic heterocycles. The van der Waals surface area contributed by atoms with E-state index in [9.17, 15) is 4.79 Å². The lowest BCUT2D eigenvalue weighted by molar-refractivity contribution is 0.0701. The Morgan fingerprint density at radius 3 is 2.70 bits per heavy atom. The highest BCUT2D eigenvalue weighted by Gasteiger charge is 2.19. The molecular formula is C13H16Cl2N2O2S. The molecule has 110 valence electrons. The third-order valence-corrected chi connectivity index (χ3v) is 3.69. The van der Waals surface area contributed by atoms with Crippen LogP contribution < -0.4 is 5.73 Å². The molecule has 7 heteroatoms. The number of carbonyl (C=O) groups excluding carboxylic acids is 1. The Balaban J connectivity index is 2.90. The number of rotatable bonds is 7. The molecule has 0 spiro atoms. The smallest absolute Gasteiger partial charge is 0.255 e. The Morgan fingerprint density at radius 1 is 1.40 bits per heavy atom. The van der Waals surface area contributed by atoms with E-state index in [1.165, 1.54) is 0 Å². The summed E-state index contributed by atoms with van der Waals surface area (Å²) in [6, 6.07) is 4.95. The molecule has 1 amide bonds. The molecule has 20 heavy (non-hydrogen) atoms. The second kappa shape index (κ2) is 8.42. The van der Waals surface area contributed by atoms with Gasteiger partial charge in [-0.05, 0) is 12.1 Å². The first kappa shape index (κ1) is 17.2. The number of benzene rings is 1. The van der Waals surface area contributed by atoms with Crippen molar-refractivity contribution in [1.29, 1.82) is 0 Å². The summed E-state index contributed by atoms with van der Waals surface area (Å²) in [7, 11) is 1.57. The van der Waals surface area contributed by atoms with Crippen molar-refractivity contribution in [3.8, 4) is 0 Å².